The summed E-state index contributed by atoms with van der Waals surface area (Å²) in [4.78, 5) is 4.29. The molecule has 0 amide bonds. The van der Waals surface area contributed by atoms with Gasteiger partial charge in [-0.05, 0) is 44.7 Å². The Morgan fingerprint density at radius 1 is 1.16 bits per heavy atom. The molecule has 2 atom stereocenters. The van der Waals surface area contributed by atoms with Crippen molar-refractivity contribution in [3.05, 3.63) is 23.8 Å². The molecule has 0 saturated carbocycles. The lowest BCUT2D eigenvalue weighted by molar-refractivity contribution is 0.287. The molecule has 144 valence electrons. The zero-order chi connectivity index (χ0) is 17.9. The highest BCUT2D eigenvalue weighted by atomic mass is 127. The lowest BCUT2D eigenvalue weighted by atomic mass is 10.1. The van der Waals surface area contributed by atoms with Crippen LogP contribution in [0.1, 0.15) is 39.3 Å². The lowest BCUT2D eigenvalue weighted by Gasteiger charge is -2.21. The molecular formula is C18H32IN3O2S. The summed E-state index contributed by atoms with van der Waals surface area (Å²) in [7, 11) is 1.79. The van der Waals surface area contributed by atoms with Crippen LogP contribution in [0.15, 0.2) is 23.2 Å². The summed E-state index contributed by atoms with van der Waals surface area (Å²) in [5.74, 6) is 2.37. The quantitative estimate of drug-likeness (QED) is 0.316. The third-order valence-electron chi connectivity index (χ3n) is 3.60. The van der Waals surface area contributed by atoms with E-state index >= 15 is 0 Å². The second-order valence-corrected chi connectivity index (χ2v) is 6.71. The monoisotopic (exact) mass is 481 g/mol. The van der Waals surface area contributed by atoms with Crippen molar-refractivity contribution in [1.82, 2.24) is 10.6 Å². The van der Waals surface area contributed by atoms with E-state index in [1.54, 1.807) is 7.05 Å². The van der Waals surface area contributed by atoms with Crippen molar-refractivity contribution in [2.75, 3.05) is 33.1 Å². The van der Waals surface area contributed by atoms with Gasteiger partial charge in [-0.2, -0.15) is 11.8 Å². The summed E-state index contributed by atoms with van der Waals surface area (Å²) in [6.07, 6.45) is 2.11. The van der Waals surface area contributed by atoms with E-state index in [1.165, 1.54) is 0 Å². The third-order valence-corrected chi connectivity index (χ3v) is 4.58. The number of guanidine groups is 1. The summed E-state index contributed by atoms with van der Waals surface area (Å²) in [6, 6.07) is 6.16. The van der Waals surface area contributed by atoms with Crippen molar-refractivity contribution in [3.63, 3.8) is 0 Å². The number of nitrogens with one attached hydrogen (secondary N) is 2. The van der Waals surface area contributed by atoms with Gasteiger partial charge < -0.3 is 20.1 Å². The molecule has 1 rings (SSSR count). The molecule has 2 N–H and O–H groups in total. The second-order valence-electron chi connectivity index (χ2n) is 5.44. The maximum absolute atomic E-state index is 5.70. The standard InChI is InChI=1S/C18H31N3O2S.HI/c1-7-22-16-10-9-15(11-17(16)23-8-2)14(4)21-18(19-5)20-12-13(3)24-6;/h9-11,13-14H,7-8,12H2,1-6H3,(H2,19,20,21);1H. The average molecular weight is 481 g/mol. The van der Waals surface area contributed by atoms with Crippen molar-refractivity contribution in [1.29, 1.82) is 0 Å². The minimum atomic E-state index is 0. The molecule has 0 aliphatic rings. The van der Waals surface area contributed by atoms with Gasteiger partial charge in [-0.15, -0.1) is 24.0 Å². The molecule has 0 heterocycles. The van der Waals surface area contributed by atoms with Gasteiger partial charge in [-0.3, -0.25) is 4.99 Å². The summed E-state index contributed by atoms with van der Waals surface area (Å²) in [6.45, 7) is 10.4. The number of hydrogen-bond acceptors (Lipinski definition) is 4. The highest BCUT2D eigenvalue weighted by Crippen LogP contribution is 2.30. The molecule has 5 nitrogen and oxygen atoms in total. The molecule has 0 aromatic heterocycles. The van der Waals surface area contributed by atoms with Crippen LogP contribution in [0.4, 0.5) is 0 Å². The lowest BCUT2D eigenvalue weighted by Crippen LogP contribution is -2.41. The van der Waals surface area contributed by atoms with Crippen molar-refractivity contribution in [2.45, 2.75) is 39.0 Å². The first kappa shape index (κ1) is 24.2. The molecular weight excluding hydrogens is 449 g/mol. The zero-order valence-corrected chi connectivity index (χ0v) is 19.2. The molecule has 25 heavy (non-hydrogen) atoms. The van der Waals surface area contributed by atoms with E-state index in [1.807, 2.05) is 37.7 Å². The fraction of sp³-hybridized carbons (Fsp3) is 0.611. The number of rotatable bonds is 9. The Morgan fingerprint density at radius 3 is 2.36 bits per heavy atom. The van der Waals surface area contributed by atoms with Crippen molar-refractivity contribution in [3.8, 4) is 11.5 Å². The van der Waals surface area contributed by atoms with Gasteiger partial charge >= 0.3 is 0 Å². The van der Waals surface area contributed by atoms with Crippen molar-refractivity contribution >= 4 is 41.7 Å². The Kier molecular flexibility index (Phi) is 12.9. The van der Waals surface area contributed by atoms with Gasteiger partial charge in [0.25, 0.3) is 0 Å². The summed E-state index contributed by atoms with van der Waals surface area (Å²) < 4.78 is 11.3. The van der Waals surface area contributed by atoms with Crippen LogP contribution in [0.25, 0.3) is 0 Å². The van der Waals surface area contributed by atoms with Crippen LogP contribution in [-0.4, -0.2) is 44.3 Å². The largest absolute Gasteiger partial charge is 0.490 e. The SMILES string of the molecule is CCOc1ccc(C(C)NC(=NC)NCC(C)SC)cc1OCC.I. The fourth-order valence-electron chi connectivity index (χ4n) is 2.14. The van der Waals surface area contributed by atoms with Crippen LogP contribution >= 0.6 is 35.7 Å². The normalized spacial score (nSPS) is 13.4. The predicted octanol–water partition coefficient (Wildman–Crippen LogP) is 4.08. The molecule has 0 saturated heterocycles. The first-order valence-corrected chi connectivity index (χ1v) is 9.73. The van der Waals surface area contributed by atoms with Gasteiger partial charge in [-0.1, -0.05) is 13.0 Å². The Bertz CT molecular complexity index is 529. The van der Waals surface area contributed by atoms with E-state index in [9.17, 15) is 0 Å². The van der Waals surface area contributed by atoms with Gasteiger partial charge in [0.15, 0.2) is 17.5 Å². The van der Waals surface area contributed by atoms with Gasteiger partial charge in [0, 0.05) is 18.8 Å². The van der Waals surface area contributed by atoms with Crippen molar-refractivity contribution in [2.24, 2.45) is 4.99 Å². The van der Waals surface area contributed by atoms with E-state index in [2.05, 4.69) is 41.8 Å². The summed E-state index contributed by atoms with van der Waals surface area (Å²) in [5.41, 5.74) is 1.13. The molecule has 7 heteroatoms. The first-order chi connectivity index (χ1) is 11.5. The Morgan fingerprint density at radius 2 is 1.80 bits per heavy atom. The van der Waals surface area contributed by atoms with Gasteiger partial charge in [0.1, 0.15) is 0 Å². The van der Waals surface area contributed by atoms with Crippen LogP contribution in [0.2, 0.25) is 0 Å². The number of hydrogen-bond donors (Lipinski definition) is 2. The van der Waals surface area contributed by atoms with Gasteiger partial charge in [-0.25, -0.2) is 0 Å². The Hall–Kier alpha value is -0.830. The van der Waals surface area contributed by atoms with E-state index in [0.29, 0.717) is 18.5 Å². The Balaban J connectivity index is 0.00000576. The number of halogens is 1. The van der Waals surface area contributed by atoms with E-state index in [4.69, 9.17) is 9.47 Å². The minimum Gasteiger partial charge on any atom is -0.490 e. The topological polar surface area (TPSA) is 54.9 Å². The van der Waals surface area contributed by atoms with Gasteiger partial charge in [0.05, 0.1) is 19.3 Å². The van der Waals surface area contributed by atoms with Crippen LogP contribution in [0.3, 0.4) is 0 Å². The predicted molar refractivity (Wildman–Crippen MR) is 120 cm³/mol. The smallest absolute Gasteiger partial charge is 0.191 e. The van der Waals surface area contributed by atoms with Crippen LogP contribution < -0.4 is 20.1 Å². The van der Waals surface area contributed by atoms with Crippen LogP contribution in [-0.2, 0) is 0 Å². The number of aliphatic imine (C=N–C) groups is 1. The maximum atomic E-state index is 5.70. The summed E-state index contributed by atoms with van der Waals surface area (Å²) in [5, 5.41) is 7.31. The molecule has 0 bridgehead atoms. The minimum absolute atomic E-state index is 0. The molecule has 0 radical (unpaired) electrons. The number of benzene rings is 1. The third kappa shape index (κ3) is 8.40. The second kappa shape index (κ2) is 13.4. The maximum Gasteiger partial charge on any atom is 0.191 e. The summed E-state index contributed by atoms with van der Waals surface area (Å²) >= 11 is 1.83. The average Bonchev–Trinajstić information content (AvgIpc) is 2.59. The zero-order valence-electron chi connectivity index (χ0n) is 16.1. The molecule has 0 fully saturated rings. The van der Waals surface area contributed by atoms with E-state index < -0.39 is 0 Å². The number of thioether (sulfide) groups is 1. The molecule has 1 aromatic carbocycles. The fourth-order valence-corrected chi connectivity index (χ4v) is 2.39. The van der Waals surface area contributed by atoms with Gasteiger partial charge in [0.2, 0.25) is 0 Å². The molecule has 1 aromatic rings. The van der Waals surface area contributed by atoms with E-state index in [-0.39, 0.29) is 30.0 Å². The number of ether oxygens (including phenoxy) is 2. The Labute approximate surface area is 173 Å². The van der Waals surface area contributed by atoms with Crippen molar-refractivity contribution < 1.29 is 9.47 Å². The molecule has 0 aliphatic carbocycles. The van der Waals surface area contributed by atoms with E-state index in [0.717, 1.165) is 29.6 Å². The molecule has 2 unspecified atom stereocenters. The highest BCUT2D eigenvalue weighted by molar-refractivity contribution is 14.0. The molecule has 0 spiro atoms. The molecule has 0 aliphatic heterocycles. The van der Waals surface area contributed by atoms with Crippen LogP contribution in [0.5, 0.6) is 11.5 Å². The first-order valence-electron chi connectivity index (χ1n) is 8.45. The number of nitrogens with zero attached hydrogens (tertiary/aromatic N) is 1. The van der Waals surface area contributed by atoms with Crippen LogP contribution in [0, 0.1) is 0 Å². The highest BCUT2D eigenvalue weighted by Gasteiger charge is 2.12.